The van der Waals surface area contributed by atoms with Crippen molar-refractivity contribution >= 4 is 22.9 Å². The number of pyridine rings is 1. The average Bonchev–Trinajstić information content (AvgIpc) is 3.18. The van der Waals surface area contributed by atoms with Crippen molar-refractivity contribution in [2.45, 2.75) is 19.9 Å². The lowest BCUT2D eigenvalue weighted by atomic mass is 10.1. The summed E-state index contributed by atoms with van der Waals surface area (Å²) in [6.07, 6.45) is 3.36. The highest BCUT2D eigenvalue weighted by Gasteiger charge is 2.21. The topological polar surface area (TPSA) is 108 Å². The minimum absolute atomic E-state index is 0. The monoisotopic (exact) mass is 420 g/mol. The summed E-state index contributed by atoms with van der Waals surface area (Å²) in [6.45, 7) is 0. The number of amides is 1. The van der Waals surface area contributed by atoms with E-state index in [0.29, 0.717) is 28.0 Å². The summed E-state index contributed by atoms with van der Waals surface area (Å²) in [5.41, 5.74) is 3.10. The molecule has 0 saturated carbocycles. The number of nitrogens with zero attached hydrogens (tertiary/aromatic N) is 2. The number of aromatic amines is 1. The minimum Gasteiger partial charge on any atom is -0.480 e. The first-order valence-corrected chi connectivity index (χ1v) is 9.18. The molecule has 8 heteroatoms. The molecule has 0 radical (unpaired) electrons. The lowest BCUT2D eigenvalue weighted by Gasteiger charge is -2.14. The van der Waals surface area contributed by atoms with E-state index in [-0.39, 0.29) is 13.8 Å². The predicted octanol–water partition coefficient (Wildman–Crippen LogP) is 3.83. The summed E-state index contributed by atoms with van der Waals surface area (Å²) in [4.78, 5) is 35.9. The highest BCUT2D eigenvalue weighted by Crippen LogP contribution is 2.21. The number of nitrogens with one attached hydrogen (secondary N) is 2. The minimum atomic E-state index is -1.17. The first-order chi connectivity index (χ1) is 14.5. The molecule has 0 spiro atoms. The molecule has 7 nitrogen and oxygen atoms in total. The summed E-state index contributed by atoms with van der Waals surface area (Å²) in [5, 5.41) is 12.0. The molecule has 1 amide bonds. The Balaban J connectivity index is 0.00000272. The van der Waals surface area contributed by atoms with Gasteiger partial charge in [0, 0.05) is 29.9 Å². The fourth-order valence-corrected chi connectivity index (χ4v) is 3.10. The van der Waals surface area contributed by atoms with E-state index < -0.39 is 23.7 Å². The number of carbonyl (C=O) groups excluding carboxylic acids is 1. The third-order valence-electron chi connectivity index (χ3n) is 4.65. The lowest BCUT2D eigenvalue weighted by Crippen LogP contribution is -2.42. The SMILES string of the molecule is C.O=C(N[C@@H](Cc1ccc(F)cc1)C(=O)O)c1ccc2nc(-c3ccncc3)[nH]c2c1. The molecule has 0 bridgehead atoms. The maximum absolute atomic E-state index is 13.1. The van der Waals surface area contributed by atoms with Gasteiger partial charge in [-0.1, -0.05) is 19.6 Å². The van der Waals surface area contributed by atoms with E-state index >= 15 is 0 Å². The molecule has 31 heavy (non-hydrogen) atoms. The van der Waals surface area contributed by atoms with Gasteiger partial charge in [0.15, 0.2) is 0 Å². The molecular weight excluding hydrogens is 399 g/mol. The Morgan fingerprint density at radius 1 is 1.06 bits per heavy atom. The number of hydrogen-bond donors (Lipinski definition) is 3. The van der Waals surface area contributed by atoms with E-state index in [1.807, 2.05) is 12.1 Å². The number of rotatable bonds is 6. The summed E-state index contributed by atoms with van der Waals surface area (Å²) >= 11 is 0. The number of imidazole rings is 1. The van der Waals surface area contributed by atoms with Crippen LogP contribution in [-0.2, 0) is 11.2 Å². The number of H-pyrrole nitrogens is 1. The largest absolute Gasteiger partial charge is 0.480 e. The van der Waals surface area contributed by atoms with Crippen molar-refractivity contribution in [3.05, 3.63) is 83.9 Å². The standard InChI is InChI=1S/C22H17FN4O3.CH4/c23-16-4-1-13(2-5-16)11-19(22(29)30)27-21(28)15-3-6-17-18(12-15)26-20(25-17)14-7-9-24-10-8-14;/h1-10,12,19H,11H2,(H,25,26)(H,27,28)(H,29,30);1H4/t19-;/m0./s1. The van der Waals surface area contributed by atoms with Gasteiger partial charge < -0.3 is 15.4 Å². The van der Waals surface area contributed by atoms with Gasteiger partial charge in [0.1, 0.15) is 17.7 Å². The van der Waals surface area contributed by atoms with Gasteiger partial charge in [0.25, 0.3) is 5.91 Å². The van der Waals surface area contributed by atoms with Crippen LogP contribution in [0.15, 0.2) is 67.0 Å². The van der Waals surface area contributed by atoms with Gasteiger partial charge in [-0.15, -0.1) is 0 Å². The molecular formula is C23H21FN4O3. The first-order valence-electron chi connectivity index (χ1n) is 9.18. The molecule has 0 saturated heterocycles. The Morgan fingerprint density at radius 2 is 1.77 bits per heavy atom. The number of benzene rings is 2. The molecule has 2 aromatic heterocycles. The molecule has 4 rings (SSSR count). The summed E-state index contributed by atoms with van der Waals surface area (Å²) in [6, 6.07) is 12.9. The second kappa shape index (κ2) is 9.17. The van der Waals surface area contributed by atoms with Gasteiger partial charge in [-0.2, -0.15) is 0 Å². The molecule has 0 aliphatic heterocycles. The smallest absolute Gasteiger partial charge is 0.326 e. The summed E-state index contributed by atoms with van der Waals surface area (Å²) in [7, 11) is 0. The molecule has 3 N–H and O–H groups in total. The number of carboxylic acid groups (broad SMARTS) is 1. The fraction of sp³-hybridized carbons (Fsp3) is 0.130. The number of carboxylic acids is 1. The zero-order valence-electron chi connectivity index (χ0n) is 15.7. The van der Waals surface area contributed by atoms with E-state index in [0.717, 1.165) is 5.56 Å². The molecule has 4 aromatic rings. The molecule has 2 heterocycles. The Bertz CT molecular complexity index is 1210. The van der Waals surface area contributed by atoms with Gasteiger partial charge in [-0.05, 0) is 48.0 Å². The highest BCUT2D eigenvalue weighted by molar-refractivity contribution is 5.99. The average molecular weight is 420 g/mol. The number of aromatic nitrogens is 3. The van der Waals surface area contributed by atoms with Crippen molar-refractivity contribution in [3.63, 3.8) is 0 Å². The van der Waals surface area contributed by atoms with Crippen LogP contribution >= 0.6 is 0 Å². The molecule has 1 atom stereocenters. The first kappa shape index (κ1) is 21.6. The number of hydrogen-bond acceptors (Lipinski definition) is 4. The summed E-state index contributed by atoms with van der Waals surface area (Å²) < 4.78 is 13.1. The lowest BCUT2D eigenvalue weighted by molar-refractivity contribution is -0.139. The zero-order chi connectivity index (χ0) is 21.1. The second-order valence-electron chi connectivity index (χ2n) is 6.75. The van der Waals surface area contributed by atoms with Crippen molar-refractivity contribution < 1.29 is 19.1 Å². The molecule has 0 aliphatic carbocycles. The van der Waals surface area contributed by atoms with Crippen molar-refractivity contribution in [1.29, 1.82) is 0 Å². The third-order valence-corrected chi connectivity index (χ3v) is 4.65. The quantitative estimate of drug-likeness (QED) is 0.439. The van der Waals surface area contributed by atoms with Crippen LogP contribution in [0.2, 0.25) is 0 Å². The van der Waals surface area contributed by atoms with E-state index in [1.54, 1.807) is 30.6 Å². The van der Waals surface area contributed by atoms with Crippen LogP contribution in [-0.4, -0.2) is 38.0 Å². The van der Waals surface area contributed by atoms with Gasteiger partial charge >= 0.3 is 5.97 Å². The van der Waals surface area contributed by atoms with Crippen LogP contribution in [0.4, 0.5) is 4.39 Å². The normalized spacial score (nSPS) is 11.5. The van der Waals surface area contributed by atoms with E-state index in [9.17, 15) is 19.1 Å². The Labute approximate surface area is 178 Å². The summed E-state index contributed by atoms with van der Waals surface area (Å²) in [5.74, 6) is -1.46. The van der Waals surface area contributed by atoms with E-state index in [2.05, 4.69) is 20.3 Å². The molecule has 2 aromatic carbocycles. The Hall–Kier alpha value is -4.07. The Morgan fingerprint density at radius 3 is 2.45 bits per heavy atom. The van der Waals surface area contributed by atoms with Crippen molar-refractivity contribution in [2.24, 2.45) is 0 Å². The maximum Gasteiger partial charge on any atom is 0.326 e. The van der Waals surface area contributed by atoms with E-state index in [4.69, 9.17) is 0 Å². The molecule has 0 aliphatic rings. The Kier molecular flexibility index (Phi) is 6.40. The zero-order valence-corrected chi connectivity index (χ0v) is 15.7. The molecule has 0 fully saturated rings. The number of carbonyl (C=O) groups is 2. The van der Waals surface area contributed by atoms with Crippen LogP contribution in [0.25, 0.3) is 22.4 Å². The van der Waals surface area contributed by atoms with Crippen LogP contribution in [0.3, 0.4) is 0 Å². The highest BCUT2D eigenvalue weighted by atomic mass is 19.1. The van der Waals surface area contributed by atoms with E-state index in [1.165, 1.54) is 24.3 Å². The van der Waals surface area contributed by atoms with Crippen LogP contribution < -0.4 is 5.32 Å². The predicted molar refractivity (Wildman–Crippen MR) is 115 cm³/mol. The molecule has 158 valence electrons. The molecule has 0 unspecified atom stereocenters. The maximum atomic E-state index is 13.1. The van der Waals surface area contributed by atoms with Crippen molar-refractivity contribution in [1.82, 2.24) is 20.3 Å². The van der Waals surface area contributed by atoms with Crippen molar-refractivity contribution in [3.8, 4) is 11.4 Å². The fourth-order valence-electron chi connectivity index (χ4n) is 3.10. The van der Waals surface area contributed by atoms with Gasteiger partial charge in [-0.25, -0.2) is 14.2 Å². The van der Waals surface area contributed by atoms with Crippen molar-refractivity contribution in [2.75, 3.05) is 0 Å². The number of fused-ring (bicyclic) bond motifs is 1. The van der Waals surface area contributed by atoms with Crippen LogP contribution in [0.1, 0.15) is 23.3 Å². The van der Waals surface area contributed by atoms with Crippen LogP contribution in [0, 0.1) is 5.82 Å². The number of aliphatic carboxylic acids is 1. The number of halogens is 1. The van der Waals surface area contributed by atoms with Gasteiger partial charge in [0.2, 0.25) is 0 Å². The van der Waals surface area contributed by atoms with Gasteiger partial charge in [-0.3, -0.25) is 9.78 Å². The van der Waals surface area contributed by atoms with Crippen LogP contribution in [0.5, 0.6) is 0 Å². The van der Waals surface area contributed by atoms with Gasteiger partial charge in [0.05, 0.1) is 11.0 Å². The second-order valence-corrected chi connectivity index (χ2v) is 6.75. The third kappa shape index (κ3) is 4.92.